The second-order valence-electron chi connectivity index (χ2n) is 5.65. The van der Waals surface area contributed by atoms with Gasteiger partial charge in [0.25, 0.3) is 5.25 Å². The Labute approximate surface area is 125 Å². The van der Waals surface area contributed by atoms with Crippen molar-refractivity contribution < 1.29 is 8.78 Å². The van der Waals surface area contributed by atoms with Crippen LogP contribution >= 0.6 is 11.8 Å². The quantitative estimate of drug-likeness (QED) is 0.538. The first kappa shape index (κ1) is 15.8. The molecule has 112 valence electrons. The van der Waals surface area contributed by atoms with Crippen LogP contribution in [0.5, 0.6) is 0 Å². The molecule has 0 radical (unpaired) electrons. The first-order valence-electron chi connectivity index (χ1n) is 7.80. The minimum atomic E-state index is -2.58. The first-order valence-corrected chi connectivity index (χ1v) is 8.61. The number of fused-ring (bicyclic) bond motifs is 1. The summed E-state index contributed by atoms with van der Waals surface area (Å²) in [5, 5.41) is -2.58. The first-order chi connectivity index (χ1) is 9.62. The monoisotopic (exact) mass is 298 g/mol. The summed E-state index contributed by atoms with van der Waals surface area (Å²) in [4.78, 5) is 0.796. The Morgan fingerprint density at radius 1 is 1.10 bits per heavy atom. The number of thioether (sulfide) groups is 1. The highest BCUT2D eigenvalue weighted by Gasteiger charge is 2.35. The van der Waals surface area contributed by atoms with Gasteiger partial charge in [0.1, 0.15) is 0 Å². The van der Waals surface area contributed by atoms with E-state index in [0.29, 0.717) is 6.42 Å². The maximum absolute atomic E-state index is 13.4. The fourth-order valence-electron chi connectivity index (χ4n) is 2.80. The summed E-state index contributed by atoms with van der Waals surface area (Å²) < 4.78 is 26.8. The zero-order chi connectivity index (χ0) is 14.4. The van der Waals surface area contributed by atoms with Crippen LogP contribution in [0.2, 0.25) is 0 Å². The number of hydrogen-bond donors (Lipinski definition) is 0. The lowest BCUT2D eigenvalue weighted by Gasteiger charge is -2.25. The van der Waals surface area contributed by atoms with E-state index < -0.39 is 5.25 Å². The molecule has 0 amide bonds. The van der Waals surface area contributed by atoms with Crippen LogP contribution in [0.4, 0.5) is 8.78 Å². The summed E-state index contributed by atoms with van der Waals surface area (Å²) in [5.74, 6) is 0. The molecule has 0 saturated carbocycles. The molecule has 0 bridgehead atoms. The molecule has 0 fully saturated rings. The van der Waals surface area contributed by atoms with Gasteiger partial charge in [0.15, 0.2) is 0 Å². The predicted octanol–water partition coefficient (Wildman–Crippen LogP) is 6.22. The minimum absolute atomic E-state index is 0.0157. The van der Waals surface area contributed by atoms with Crippen molar-refractivity contribution in [1.82, 2.24) is 0 Å². The van der Waals surface area contributed by atoms with Gasteiger partial charge in [-0.1, -0.05) is 62.9 Å². The van der Waals surface area contributed by atoms with E-state index in [9.17, 15) is 8.78 Å². The summed E-state index contributed by atoms with van der Waals surface area (Å²) in [6, 6.07) is 5.90. The normalized spacial score (nSPS) is 16.9. The van der Waals surface area contributed by atoms with Crippen LogP contribution in [-0.2, 0) is 12.8 Å². The highest BCUT2D eigenvalue weighted by atomic mass is 32.2. The number of aryl methyl sites for hydroxylation is 1. The predicted molar refractivity (Wildman–Crippen MR) is 82.6 cm³/mol. The van der Waals surface area contributed by atoms with Crippen LogP contribution in [0.15, 0.2) is 23.1 Å². The minimum Gasteiger partial charge on any atom is -0.194 e. The lowest BCUT2D eigenvalue weighted by molar-refractivity contribution is 0.0931. The van der Waals surface area contributed by atoms with Crippen molar-refractivity contribution in [3.63, 3.8) is 0 Å². The van der Waals surface area contributed by atoms with Crippen LogP contribution in [0.1, 0.15) is 63.0 Å². The third-order valence-electron chi connectivity index (χ3n) is 3.96. The average molecular weight is 298 g/mol. The largest absolute Gasteiger partial charge is 0.298 e. The van der Waals surface area contributed by atoms with E-state index in [2.05, 4.69) is 13.0 Å². The molecule has 0 aliphatic carbocycles. The molecule has 1 heterocycles. The molecule has 1 aromatic rings. The zero-order valence-corrected chi connectivity index (χ0v) is 13.1. The van der Waals surface area contributed by atoms with Gasteiger partial charge in [0.05, 0.1) is 0 Å². The number of benzene rings is 1. The van der Waals surface area contributed by atoms with Gasteiger partial charge in [-0.3, -0.25) is 0 Å². The topological polar surface area (TPSA) is 0 Å². The fourth-order valence-corrected chi connectivity index (χ4v) is 3.83. The van der Waals surface area contributed by atoms with E-state index in [1.165, 1.54) is 49.7 Å². The van der Waals surface area contributed by atoms with Crippen molar-refractivity contribution in [3.05, 3.63) is 29.3 Å². The molecular weight excluding hydrogens is 274 g/mol. The highest BCUT2D eigenvalue weighted by Crippen LogP contribution is 2.46. The Balaban J connectivity index is 1.87. The summed E-state index contributed by atoms with van der Waals surface area (Å²) in [5.41, 5.74) is 2.47. The number of alkyl halides is 2. The maximum atomic E-state index is 13.4. The Hall–Kier alpha value is -0.570. The molecule has 0 nitrogen and oxygen atoms in total. The molecule has 2 rings (SSSR count). The lowest BCUT2D eigenvalue weighted by Crippen LogP contribution is -2.18. The summed E-state index contributed by atoms with van der Waals surface area (Å²) in [6.07, 6.45) is 9.22. The van der Waals surface area contributed by atoms with Crippen molar-refractivity contribution in [2.75, 3.05) is 0 Å². The lowest BCUT2D eigenvalue weighted by atomic mass is 9.97. The molecule has 0 atom stereocenters. The molecular formula is C17H24F2S. The Morgan fingerprint density at radius 2 is 1.85 bits per heavy atom. The van der Waals surface area contributed by atoms with Gasteiger partial charge in [0.2, 0.25) is 0 Å². The summed E-state index contributed by atoms with van der Waals surface area (Å²) in [6.45, 7) is 2.23. The van der Waals surface area contributed by atoms with Crippen molar-refractivity contribution in [1.29, 1.82) is 0 Å². The van der Waals surface area contributed by atoms with Crippen LogP contribution in [0.25, 0.3) is 0 Å². The van der Waals surface area contributed by atoms with Crippen molar-refractivity contribution in [3.8, 4) is 0 Å². The zero-order valence-electron chi connectivity index (χ0n) is 12.3. The van der Waals surface area contributed by atoms with Crippen molar-refractivity contribution in [2.45, 2.75) is 74.9 Å². The Bertz CT molecular complexity index is 429. The molecule has 0 saturated heterocycles. The van der Waals surface area contributed by atoms with Crippen molar-refractivity contribution in [2.24, 2.45) is 0 Å². The molecule has 1 aliphatic heterocycles. The third-order valence-corrected chi connectivity index (χ3v) is 5.06. The van der Waals surface area contributed by atoms with Gasteiger partial charge < -0.3 is 0 Å². The van der Waals surface area contributed by atoms with Crippen LogP contribution < -0.4 is 0 Å². The Kier molecular flexibility index (Phi) is 5.88. The number of unbranched alkanes of at least 4 members (excludes halogenated alkanes) is 5. The van der Waals surface area contributed by atoms with Gasteiger partial charge in [-0.25, -0.2) is 0 Å². The van der Waals surface area contributed by atoms with E-state index in [1.807, 2.05) is 12.1 Å². The SMILES string of the molecule is CCCCCCCCc1cccc2c1CCC(F)(F)S2. The van der Waals surface area contributed by atoms with E-state index in [4.69, 9.17) is 0 Å². The second kappa shape index (κ2) is 7.44. The van der Waals surface area contributed by atoms with Gasteiger partial charge >= 0.3 is 0 Å². The number of rotatable bonds is 7. The average Bonchev–Trinajstić information content (AvgIpc) is 2.41. The van der Waals surface area contributed by atoms with Gasteiger partial charge in [-0.05, 0) is 36.5 Å². The van der Waals surface area contributed by atoms with Crippen LogP contribution in [0.3, 0.4) is 0 Å². The smallest absolute Gasteiger partial charge is 0.194 e. The van der Waals surface area contributed by atoms with Crippen molar-refractivity contribution >= 4 is 11.8 Å². The molecule has 1 aromatic carbocycles. The van der Waals surface area contributed by atoms with Crippen LogP contribution in [0, 0.1) is 0 Å². The molecule has 1 aliphatic rings. The molecule has 0 unspecified atom stereocenters. The Morgan fingerprint density at radius 3 is 2.65 bits per heavy atom. The molecule has 0 spiro atoms. The van der Waals surface area contributed by atoms with E-state index in [-0.39, 0.29) is 6.42 Å². The summed E-state index contributed by atoms with van der Waals surface area (Å²) in [7, 11) is 0. The fraction of sp³-hybridized carbons (Fsp3) is 0.647. The number of halogens is 2. The molecule has 20 heavy (non-hydrogen) atoms. The van der Waals surface area contributed by atoms with Gasteiger partial charge in [-0.15, -0.1) is 0 Å². The number of hydrogen-bond acceptors (Lipinski definition) is 1. The van der Waals surface area contributed by atoms with Gasteiger partial charge in [-0.2, -0.15) is 8.78 Å². The van der Waals surface area contributed by atoms with Gasteiger partial charge in [0, 0.05) is 11.3 Å². The standard InChI is InChI=1S/C17H24F2S/c1-2-3-4-5-6-7-9-14-10-8-11-16-15(14)12-13-17(18,19)20-16/h8,10-11H,2-7,9,12-13H2,1H3. The molecule has 0 aromatic heterocycles. The highest BCUT2D eigenvalue weighted by molar-refractivity contribution is 8.00. The van der Waals surface area contributed by atoms with E-state index >= 15 is 0 Å². The third kappa shape index (κ3) is 4.47. The van der Waals surface area contributed by atoms with E-state index in [0.717, 1.165) is 23.1 Å². The van der Waals surface area contributed by atoms with Crippen LogP contribution in [-0.4, -0.2) is 5.25 Å². The molecule has 3 heteroatoms. The summed E-state index contributed by atoms with van der Waals surface area (Å²) >= 11 is 0.745. The second-order valence-corrected chi connectivity index (χ2v) is 6.89. The van der Waals surface area contributed by atoms with E-state index in [1.54, 1.807) is 0 Å². The maximum Gasteiger partial charge on any atom is 0.298 e. The molecule has 0 N–H and O–H groups in total.